The van der Waals surface area contributed by atoms with Gasteiger partial charge in [-0.25, -0.2) is 4.98 Å². The summed E-state index contributed by atoms with van der Waals surface area (Å²) in [5, 5.41) is 11.5. The molecule has 0 aliphatic carbocycles. The van der Waals surface area contributed by atoms with Crippen LogP contribution >= 0.6 is 11.8 Å². The molecule has 5 nitrogen and oxygen atoms in total. The molecule has 0 bridgehead atoms. The lowest BCUT2D eigenvalue weighted by Crippen LogP contribution is -2.06. The van der Waals surface area contributed by atoms with E-state index in [2.05, 4.69) is 4.98 Å². The molecule has 23 heavy (non-hydrogen) atoms. The Morgan fingerprint density at radius 1 is 1.22 bits per heavy atom. The van der Waals surface area contributed by atoms with Crippen molar-refractivity contribution in [2.75, 3.05) is 0 Å². The van der Waals surface area contributed by atoms with Gasteiger partial charge in [-0.05, 0) is 36.0 Å². The van der Waals surface area contributed by atoms with Crippen molar-refractivity contribution in [3.8, 4) is 0 Å². The summed E-state index contributed by atoms with van der Waals surface area (Å²) < 4.78 is 39.8. The molecule has 0 fully saturated rings. The van der Waals surface area contributed by atoms with E-state index in [0.717, 1.165) is 29.4 Å². The molecule has 1 aromatic carbocycles. The summed E-state index contributed by atoms with van der Waals surface area (Å²) in [4.78, 5) is 14.5. The zero-order valence-electron chi connectivity index (χ0n) is 11.3. The number of alkyl halides is 3. The number of aromatic nitrogens is 2. The Balaban J connectivity index is 2.04. The van der Waals surface area contributed by atoms with E-state index in [-0.39, 0.29) is 4.90 Å². The van der Waals surface area contributed by atoms with Crippen LogP contribution in [0.15, 0.2) is 58.8 Å². The van der Waals surface area contributed by atoms with Crippen molar-refractivity contribution in [3.63, 3.8) is 0 Å². The molecule has 0 N–H and O–H groups in total. The van der Waals surface area contributed by atoms with Crippen molar-refractivity contribution in [1.82, 2.24) is 9.38 Å². The van der Waals surface area contributed by atoms with Crippen LogP contribution in [0.5, 0.6) is 0 Å². The number of hydrogen-bond acceptors (Lipinski definition) is 4. The number of rotatable bonds is 3. The molecule has 0 atom stereocenters. The topological polar surface area (TPSA) is 60.4 Å². The molecule has 3 aromatic rings. The lowest BCUT2D eigenvalue weighted by Gasteiger charge is -2.08. The van der Waals surface area contributed by atoms with Gasteiger partial charge in [0.25, 0.3) is 5.69 Å². The molecule has 0 radical (unpaired) electrons. The number of nitro benzene ring substituents is 1. The summed E-state index contributed by atoms with van der Waals surface area (Å²) in [5.41, 5.74) is -0.872. The molecule has 9 heteroatoms. The van der Waals surface area contributed by atoms with E-state index in [1.165, 1.54) is 0 Å². The fraction of sp³-hybridized carbons (Fsp3) is 0.0714. The number of fused-ring (bicyclic) bond motifs is 1. The van der Waals surface area contributed by atoms with Gasteiger partial charge in [0.05, 0.1) is 27.1 Å². The van der Waals surface area contributed by atoms with E-state index in [1.54, 1.807) is 28.9 Å². The van der Waals surface area contributed by atoms with Gasteiger partial charge in [0, 0.05) is 12.3 Å². The van der Waals surface area contributed by atoms with Gasteiger partial charge in [-0.3, -0.25) is 14.5 Å². The highest BCUT2D eigenvalue weighted by atomic mass is 32.2. The minimum atomic E-state index is -4.63. The number of benzene rings is 1. The summed E-state index contributed by atoms with van der Waals surface area (Å²) in [6.45, 7) is 0. The van der Waals surface area contributed by atoms with E-state index < -0.39 is 22.4 Å². The van der Waals surface area contributed by atoms with Crippen LogP contribution in [-0.4, -0.2) is 14.3 Å². The van der Waals surface area contributed by atoms with Crippen LogP contribution in [0.25, 0.3) is 5.52 Å². The fourth-order valence-electron chi connectivity index (χ4n) is 2.02. The van der Waals surface area contributed by atoms with Crippen molar-refractivity contribution in [2.45, 2.75) is 16.2 Å². The molecular formula is C14H8F3N3O2S. The fourth-order valence-corrected chi connectivity index (χ4v) is 2.96. The molecule has 0 spiro atoms. The molecule has 0 saturated carbocycles. The van der Waals surface area contributed by atoms with E-state index in [1.807, 2.05) is 6.07 Å². The molecular weight excluding hydrogens is 331 g/mol. The van der Waals surface area contributed by atoms with Crippen molar-refractivity contribution in [2.24, 2.45) is 0 Å². The van der Waals surface area contributed by atoms with E-state index in [0.29, 0.717) is 11.2 Å². The predicted molar refractivity (Wildman–Crippen MR) is 77.4 cm³/mol. The molecule has 0 aliphatic rings. The maximum atomic E-state index is 12.7. The summed E-state index contributed by atoms with van der Waals surface area (Å²) in [6.07, 6.45) is -1.33. The minimum absolute atomic E-state index is 0.0966. The Bertz CT molecular complexity index is 892. The first-order chi connectivity index (χ1) is 10.9. The quantitative estimate of drug-likeness (QED) is 0.524. The Morgan fingerprint density at radius 3 is 2.70 bits per heavy atom. The molecule has 0 aliphatic heterocycles. The zero-order valence-corrected chi connectivity index (χ0v) is 12.1. The molecule has 0 saturated heterocycles. The number of nitro groups is 1. The Kier molecular flexibility index (Phi) is 3.72. The van der Waals surface area contributed by atoms with Gasteiger partial charge in [0.2, 0.25) is 0 Å². The number of halogens is 3. The first kappa shape index (κ1) is 15.3. The third-order valence-electron chi connectivity index (χ3n) is 3.09. The number of nitrogens with zero attached hydrogens (tertiary/aromatic N) is 3. The van der Waals surface area contributed by atoms with Gasteiger partial charge < -0.3 is 0 Å². The first-order valence-electron chi connectivity index (χ1n) is 6.32. The van der Waals surface area contributed by atoms with Gasteiger partial charge in [0.1, 0.15) is 0 Å². The largest absolute Gasteiger partial charge is 0.416 e. The lowest BCUT2D eigenvalue weighted by atomic mass is 10.2. The van der Waals surface area contributed by atoms with Crippen LogP contribution in [0, 0.1) is 10.1 Å². The SMILES string of the molecule is O=[N+]([O-])c1cc(C(F)(F)F)ccc1Sc1ncc2ccccn12. The van der Waals surface area contributed by atoms with Crippen LogP contribution in [0.1, 0.15) is 5.56 Å². The van der Waals surface area contributed by atoms with Crippen LogP contribution in [-0.2, 0) is 6.18 Å². The van der Waals surface area contributed by atoms with Crippen molar-refractivity contribution < 1.29 is 18.1 Å². The summed E-state index contributed by atoms with van der Waals surface area (Å²) in [6, 6.07) is 7.84. The summed E-state index contributed by atoms with van der Waals surface area (Å²) >= 11 is 0.941. The van der Waals surface area contributed by atoms with Crippen molar-refractivity contribution in [3.05, 3.63) is 64.5 Å². The van der Waals surface area contributed by atoms with Gasteiger partial charge in [-0.2, -0.15) is 13.2 Å². The molecule has 3 rings (SSSR count). The second-order valence-corrected chi connectivity index (χ2v) is 5.58. The molecule has 0 unspecified atom stereocenters. The van der Waals surface area contributed by atoms with E-state index in [4.69, 9.17) is 0 Å². The first-order valence-corrected chi connectivity index (χ1v) is 7.13. The van der Waals surface area contributed by atoms with Gasteiger partial charge >= 0.3 is 6.18 Å². The Hall–Kier alpha value is -2.55. The highest BCUT2D eigenvalue weighted by molar-refractivity contribution is 7.99. The normalized spacial score (nSPS) is 11.8. The number of pyridine rings is 1. The molecule has 118 valence electrons. The average Bonchev–Trinajstić information content (AvgIpc) is 2.90. The highest BCUT2D eigenvalue weighted by Crippen LogP contribution is 2.38. The third-order valence-corrected chi connectivity index (χ3v) is 4.14. The van der Waals surface area contributed by atoms with Gasteiger partial charge in [-0.15, -0.1) is 0 Å². The van der Waals surface area contributed by atoms with Crippen molar-refractivity contribution in [1.29, 1.82) is 0 Å². The third kappa shape index (κ3) is 3.00. The second-order valence-electron chi connectivity index (χ2n) is 4.58. The molecule has 2 heterocycles. The van der Waals surface area contributed by atoms with Gasteiger partial charge in [-0.1, -0.05) is 6.07 Å². The predicted octanol–water partition coefficient (Wildman–Crippen LogP) is 4.41. The van der Waals surface area contributed by atoms with E-state index in [9.17, 15) is 23.3 Å². The maximum absolute atomic E-state index is 12.7. The Morgan fingerprint density at radius 2 is 2.00 bits per heavy atom. The minimum Gasteiger partial charge on any atom is -0.295 e. The summed E-state index contributed by atoms with van der Waals surface area (Å²) in [7, 11) is 0. The van der Waals surface area contributed by atoms with Gasteiger partial charge in [0.15, 0.2) is 5.16 Å². The second kappa shape index (κ2) is 5.58. The maximum Gasteiger partial charge on any atom is 0.416 e. The zero-order chi connectivity index (χ0) is 16.6. The number of imidazole rings is 1. The average molecular weight is 339 g/mol. The van der Waals surface area contributed by atoms with Crippen LogP contribution in [0.2, 0.25) is 0 Å². The molecule has 0 amide bonds. The highest BCUT2D eigenvalue weighted by Gasteiger charge is 2.33. The van der Waals surface area contributed by atoms with Crippen LogP contribution < -0.4 is 0 Å². The smallest absolute Gasteiger partial charge is 0.295 e. The monoisotopic (exact) mass is 339 g/mol. The molecule has 2 aromatic heterocycles. The van der Waals surface area contributed by atoms with Crippen LogP contribution in [0.3, 0.4) is 0 Å². The lowest BCUT2D eigenvalue weighted by molar-refractivity contribution is -0.388. The summed E-state index contributed by atoms with van der Waals surface area (Å²) in [5.74, 6) is 0. The number of hydrogen-bond donors (Lipinski definition) is 0. The van der Waals surface area contributed by atoms with Crippen molar-refractivity contribution >= 4 is 23.0 Å². The standard InChI is InChI=1S/C14H8F3N3O2S/c15-14(16,17)9-4-5-12(11(7-9)20(21)22)23-13-18-8-10-3-1-2-6-19(10)13/h1-8H. The van der Waals surface area contributed by atoms with Crippen LogP contribution in [0.4, 0.5) is 18.9 Å². The van der Waals surface area contributed by atoms with E-state index >= 15 is 0 Å². The Labute approximate surface area is 131 Å².